The number of nitrogens with two attached hydrogens (primary N) is 1. The van der Waals surface area contributed by atoms with Gasteiger partial charge >= 0.3 is 0 Å². The number of carbonyl (C=O) groups is 1. The van der Waals surface area contributed by atoms with Crippen LogP contribution in [0.15, 0.2) is 0 Å². The van der Waals surface area contributed by atoms with Crippen molar-refractivity contribution in [3.8, 4) is 0 Å². The van der Waals surface area contributed by atoms with E-state index >= 15 is 0 Å². The number of thiocarbonyl (C=S) groups is 1. The average Bonchev–Trinajstić information content (AvgIpc) is 2.13. The Morgan fingerprint density at radius 1 is 1.53 bits per heavy atom. The van der Waals surface area contributed by atoms with E-state index in [4.69, 9.17) is 18.0 Å². The molecule has 3 unspecified atom stereocenters. The second kappa shape index (κ2) is 6.90. The molecule has 0 aliphatic rings. The summed E-state index contributed by atoms with van der Waals surface area (Å²) in [6.07, 6.45) is 2.34. The fourth-order valence-corrected chi connectivity index (χ4v) is 1.70. The Balaban J connectivity index is 3.96. The van der Waals surface area contributed by atoms with Gasteiger partial charge in [0.2, 0.25) is 5.91 Å². The molecule has 1 amide bonds. The van der Waals surface area contributed by atoms with Crippen molar-refractivity contribution in [2.75, 3.05) is 12.0 Å². The van der Waals surface area contributed by atoms with E-state index in [1.54, 1.807) is 13.2 Å². The minimum absolute atomic E-state index is 0.00167. The van der Waals surface area contributed by atoms with Crippen LogP contribution in [0.1, 0.15) is 20.3 Å². The zero-order valence-electron chi connectivity index (χ0n) is 9.28. The molecule has 0 aromatic rings. The van der Waals surface area contributed by atoms with E-state index < -0.39 is 16.7 Å². The highest BCUT2D eigenvalue weighted by molar-refractivity contribution is 7.84. The van der Waals surface area contributed by atoms with E-state index in [9.17, 15) is 9.00 Å². The van der Waals surface area contributed by atoms with Crippen LogP contribution in [0, 0.1) is 5.92 Å². The molecule has 4 nitrogen and oxygen atoms in total. The Hall–Kier alpha value is -0.490. The first-order valence-corrected chi connectivity index (χ1v) is 6.87. The Labute approximate surface area is 98.4 Å². The summed E-state index contributed by atoms with van der Waals surface area (Å²) in [6, 6.07) is -0.00167. The lowest BCUT2D eigenvalue weighted by Gasteiger charge is -2.16. The molecule has 0 aliphatic carbocycles. The van der Waals surface area contributed by atoms with Gasteiger partial charge in [-0.3, -0.25) is 9.00 Å². The molecule has 0 aromatic heterocycles. The van der Waals surface area contributed by atoms with Gasteiger partial charge in [0.15, 0.2) is 0 Å². The Kier molecular flexibility index (Phi) is 6.67. The number of amides is 1. The van der Waals surface area contributed by atoms with Crippen molar-refractivity contribution < 1.29 is 9.00 Å². The first kappa shape index (κ1) is 14.5. The first-order chi connectivity index (χ1) is 6.84. The highest BCUT2D eigenvalue weighted by Gasteiger charge is 2.17. The monoisotopic (exact) mass is 250 g/mol. The van der Waals surface area contributed by atoms with Gasteiger partial charge in [-0.05, 0) is 20.3 Å². The summed E-state index contributed by atoms with van der Waals surface area (Å²) in [5, 5.41) is 2.78. The van der Waals surface area contributed by atoms with Crippen LogP contribution in [0.4, 0.5) is 0 Å². The lowest BCUT2D eigenvalue weighted by atomic mass is 10.1. The van der Waals surface area contributed by atoms with Crippen molar-refractivity contribution >= 4 is 33.9 Å². The molecule has 0 radical (unpaired) electrons. The first-order valence-electron chi connectivity index (χ1n) is 4.74. The number of hydrogen-bond donors (Lipinski definition) is 2. The molecule has 0 fully saturated rings. The maximum atomic E-state index is 11.5. The molecular weight excluding hydrogens is 232 g/mol. The lowest BCUT2D eigenvalue weighted by molar-refractivity contribution is -0.123. The zero-order valence-corrected chi connectivity index (χ0v) is 10.9. The van der Waals surface area contributed by atoms with Crippen LogP contribution in [0.25, 0.3) is 0 Å². The van der Waals surface area contributed by atoms with Gasteiger partial charge in [-0.1, -0.05) is 12.2 Å². The summed E-state index contributed by atoms with van der Waals surface area (Å²) in [6.45, 7) is 3.54. The van der Waals surface area contributed by atoms with E-state index in [1.807, 2.05) is 6.92 Å². The minimum Gasteiger partial charge on any atom is -0.393 e. The normalized spacial score (nSPS) is 16.5. The van der Waals surface area contributed by atoms with Crippen LogP contribution in [0.2, 0.25) is 0 Å². The number of carbonyl (C=O) groups excluding carboxylic acids is 1. The quantitative estimate of drug-likeness (QED) is 0.660. The summed E-state index contributed by atoms with van der Waals surface area (Å²) in [7, 11) is -0.822. The molecular formula is C9H18N2O2S2. The largest absolute Gasteiger partial charge is 0.393 e. The van der Waals surface area contributed by atoms with Gasteiger partial charge in [-0.2, -0.15) is 0 Å². The highest BCUT2D eigenvalue weighted by atomic mass is 32.2. The van der Waals surface area contributed by atoms with Gasteiger partial charge in [0.25, 0.3) is 0 Å². The van der Waals surface area contributed by atoms with Crippen LogP contribution in [-0.4, -0.2) is 33.2 Å². The van der Waals surface area contributed by atoms with Crippen molar-refractivity contribution in [1.29, 1.82) is 0 Å². The maximum Gasteiger partial charge on any atom is 0.229 e. The molecule has 88 valence electrons. The fourth-order valence-electron chi connectivity index (χ4n) is 0.912. The molecule has 0 spiro atoms. The molecule has 0 heterocycles. The second-order valence-corrected chi connectivity index (χ2v) is 5.63. The number of nitrogens with one attached hydrogen (secondary N) is 1. The van der Waals surface area contributed by atoms with Crippen LogP contribution in [-0.2, 0) is 15.6 Å². The molecule has 0 saturated carbocycles. The average molecular weight is 250 g/mol. The molecule has 0 aliphatic heterocycles. The van der Waals surface area contributed by atoms with Gasteiger partial charge < -0.3 is 11.1 Å². The summed E-state index contributed by atoms with van der Waals surface area (Å²) in [5.74, 6) is -0.0328. The SMILES string of the molecule is CC(CCS(C)=O)NC(=O)C(C)C(N)=S. The fraction of sp³-hybridized carbons (Fsp3) is 0.778. The molecule has 0 rings (SSSR count). The van der Waals surface area contributed by atoms with Crippen molar-refractivity contribution in [2.24, 2.45) is 11.7 Å². The van der Waals surface area contributed by atoms with E-state index in [0.717, 1.165) is 0 Å². The van der Waals surface area contributed by atoms with E-state index in [2.05, 4.69) is 5.32 Å². The maximum absolute atomic E-state index is 11.5. The van der Waals surface area contributed by atoms with Crippen LogP contribution < -0.4 is 11.1 Å². The van der Waals surface area contributed by atoms with E-state index in [-0.39, 0.29) is 16.9 Å². The van der Waals surface area contributed by atoms with Gasteiger partial charge in [-0.15, -0.1) is 0 Å². The van der Waals surface area contributed by atoms with Gasteiger partial charge in [0.1, 0.15) is 0 Å². The zero-order chi connectivity index (χ0) is 12.0. The third-order valence-electron chi connectivity index (χ3n) is 2.05. The molecule has 0 bridgehead atoms. The lowest BCUT2D eigenvalue weighted by Crippen LogP contribution is -2.41. The number of rotatable bonds is 6. The van der Waals surface area contributed by atoms with Crippen molar-refractivity contribution in [3.63, 3.8) is 0 Å². The van der Waals surface area contributed by atoms with Crippen LogP contribution >= 0.6 is 12.2 Å². The van der Waals surface area contributed by atoms with Crippen LogP contribution in [0.3, 0.4) is 0 Å². The Morgan fingerprint density at radius 2 is 2.07 bits per heavy atom. The Morgan fingerprint density at radius 3 is 2.47 bits per heavy atom. The molecule has 15 heavy (non-hydrogen) atoms. The van der Waals surface area contributed by atoms with E-state index in [0.29, 0.717) is 12.2 Å². The van der Waals surface area contributed by atoms with Crippen LogP contribution in [0.5, 0.6) is 0 Å². The van der Waals surface area contributed by atoms with Gasteiger partial charge in [0.05, 0.1) is 10.9 Å². The third-order valence-corrected chi connectivity index (χ3v) is 3.21. The molecule has 0 aromatic carbocycles. The second-order valence-electron chi connectivity index (χ2n) is 3.60. The summed E-state index contributed by atoms with van der Waals surface area (Å²) < 4.78 is 10.8. The van der Waals surface area contributed by atoms with Crippen molar-refractivity contribution in [3.05, 3.63) is 0 Å². The standard InChI is InChI=1S/C9H18N2O2S2/c1-6(4-5-15(3)13)11-9(12)7(2)8(10)14/h6-7H,4-5H2,1-3H3,(H2,10,14)(H,11,12). The summed E-state index contributed by atoms with van der Waals surface area (Å²) >= 11 is 4.72. The number of hydrogen-bond acceptors (Lipinski definition) is 3. The van der Waals surface area contributed by atoms with Gasteiger partial charge in [-0.25, -0.2) is 0 Å². The molecule has 3 N–H and O–H groups in total. The topological polar surface area (TPSA) is 72.2 Å². The minimum atomic E-state index is -0.822. The predicted octanol–water partition coefficient (Wildman–Crippen LogP) is 0.182. The van der Waals surface area contributed by atoms with Gasteiger partial charge in [0, 0.05) is 28.9 Å². The molecule has 0 saturated heterocycles. The molecule has 3 atom stereocenters. The molecule has 6 heteroatoms. The smallest absolute Gasteiger partial charge is 0.229 e. The van der Waals surface area contributed by atoms with Crippen molar-refractivity contribution in [1.82, 2.24) is 5.32 Å². The van der Waals surface area contributed by atoms with Crippen molar-refractivity contribution in [2.45, 2.75) is 26.3 Å². The summed E-state index contributed by atoms with van der Waals surface area (Å²) in [5.41, 5.74) is 5.36. The summed E-state index contributed by atoms with van der Waals surface area (Å²) in [4.78, 5) is 11.7. The Bertz CT molecular complexity index is 269. The van der Waals surface area contributed by atoms with E-state index in [1.165, 1.54) is 0 Å². The third kappa shape index (κ3) is 6.57. The highest BCUT2D eigenvalue weighted by Crippen LogP contribution is 1.99. The predicted molar refractivity (Wildman–Crippen MR) is 67.1 cm³/mol.